The number of hydrogen-bond donors (Lipinski definition) is 2. The van der Waals surface area contributed by atoms with Gasteiger partial charge in [-0.1, -0.05) is 39.0 Å². The zero-order valence-electron chi connectivity index (χ0n) is 9.50. The minimum absolute atomic E-state index is 0.373. The van der Waals surface area contributed by atoms with Crippen molar-refractivity contribution >= 4 is 11.7 Å². The first-order valence-electron chi connectivity index (χ1n) is 5.24. The molecule has 0 heterocycles. The highest BCUT2D eigenvalue weighted by molar-refractivity contribution is 5.89. The second kappa shape index (κ2) is 4.82. The molecule has 3 N–H and O–H groups in total. The molecule has 0 aliphatic rings. The van der Waals surface area contributed by atoms with Crippen LogP contribution in [0.5, 0.6) is 0 Å². The van der Waals surface area contributed by atoms with Crippen molar-refractivity contribution in [2.75, 3.05) is 5.32 Å². The van der Waals surface area contributed by atoms with E-state index in [2.05, 4.69) is 26.1 Å². The number of rotatable bonds is 3. The number of urea groups is 1. The SMILES string of the molecule is CCc1cccc(C(C)C)c1NC(N)=O. The maximum absolute atomic E-state index is 10.9. The molecule has 0 aliphatic carbocycles. The summed E-state index contributed by atoms with van der Waals surface area (Å²) in [6.45, 7) is 6.26. The Labute approximate surface area is 90.7 Å². The lowest BCUT2D eigenvalue weighted by Gasteiger charge is -2.16. The number of carbonyl (C=O) groups excluding carboxylic acids is 1. The van der Waals surface area contributed by atoms with Crippen LogP contribution in [0, 0.1) is 0 Å². The van der Waals surface area contributed by atoms with E-state index >= 15 is 0 Å². The van der Waals surface area contributed by atoms with E-state index in [0.717, 1.165) is 23.2 Å². The zero-order chi connectivity index (χ0) is 11.4. The molecule has 0 bridgehead atoms. The number of amides is 2. The fourth-order valence-electron chi connectivity index (χ4n) is 1.67. The molecular formula is C12H18N2O. The fourth-order valence-corrected chi connectivity index (χ4v) is 1.67. The number of benzene rings is 1. The summed E-state index contributed by atoms with van der Waals surface area (Å²) >= 11 is 0. The molecule has 0 atom stereocenters. The molecule has 0 saturated heterocycles. The number of nitrogens with one attached hydrogen (secondary N) is 1. The van der Waals surface area contributed by atoms with E-state index < -0.39 is 6.03 Å². The van der Waals surface area contributed by atoms with Gasteiger partial charge in [0.2, 0.25) is 0 Å². The summed E-state index contributed by atoms with van der Waals surface area (Å²) in [5.74, 6) is 0.373. The molecule has 0 aromatic heterocycles. The second-order valence-corrected chi connectivity index (χ2v) is 3.88. The molecule has 0 fully saturated rings. The number of anilines is 1. The lowest BCUT2D eigenvalue weighted by atomic mass is 9.97. The normalized spacial score (nSPS) is 10.4. The number of nitrogens with two attached hydrogens (primary N) is 1. The van der Waals surface area contributed by atoms with E-state index in [-0.39, 0.29) is 0 Å². The van der Waals surface area contributed by atoms with Crippen LogP contribution in [0.25, 0.3) is 0 Å². The summed E-state index contributed by atoms with van der Waals surface area (Å²) < 4.78 is 0. The smallest absolute Gasteiger partial charge is 0.316 e. The highest BCUT2D eigenvalue weighted by Gasteiger charge is 2.11. The third-order valence-corrected chi connectivity index (χ3v) is 2.43. The van der Waals surface area contributed by atoms with Gasteiger partial charge in [-0.15, -0.1) is 0 Å². The third kappa shape index (κ3) is 2.72. The first-order chi connectivity index (χ1) is 7.06. The molecule has 2 amide bonds. The quantitative estimate of drug-likeness (QED) is 0.785. The van der Waals surface area contributed by atoms with Gasteiger partial charge in [0.05, 0.1) is 0 Å². The molecule has 0 spiro atoms. The maximum atomic E-state index is 10.9. The Morgan fingerprint density at radius 1 is 1.47 bits per heavy atom. The van der Waals surface area contributed by atoms with Crippen molar-refractivity contribution in [3.63, 3.8) is 0 Å². The summed E-state index contributed by atoms with van der Waals surface area (Å²) in [5, 5.41) is 2.71. The number of aryl methyl sites for hydroxylation is 1. The maximum Gasteiger partial charge on any atom is 0.316 e. The Hall–Kier alpha value is -1.51. The number of primary amides is 1. The molecule has 0 saturated carbocycles. The van der Waals surface area contributed by atoms with Gasteiger partial charge in [-0.2, -0.15) is 0 Å². The lowest BCUT2D eigenvalue weighted by Crippen LogP contribution is -2.21. The molecule has 3 heteroatoms. The van der Waals surface area contributed by atoms with E-state index in [0.29, 0.717) is 5.92 Å². The highest BCUT2D eigenvalue weighted by Crippen LogP contribution is 2.27. The average Bonchev–Trinajstić information content (AvgIpc) is 2.16. The molecule has 0 radical (unpaired) electrons. The predicted octanol–water partition coefficient (Wildman–Crippen LogP) is 2.86. The summed E-state index contributed by atoms with van der Waals surface area (Å²) in [6, 6.07) is 5.55. The van der Waals surface area contributed by atoms with Gasteiger partial charge in [-0.3, -0.25) is 0 Å². The monoisotopic (exact) mass is 206 g/mol. The molecule has 3 nitrogen and oxygen atoms in total. The molecule has 15 heavy (non-hydrogen) atoms. The van der Waals surface area contributed by atoms with Crippen LogP contribution in [0.4, 0.5) is 10.5 Å². The summed E-state index contributed by atoms with van der Waals surface area (Å²) in [4.78, 5) is 10.9. The van der Waals surface area contributed by atoms with Gasteiger partial charge < -0.3 is 11.1 Å². The Bertz CT molecular complexity index is 359. The van der Waals surface area contributed by atoms with Crippen LogP contribution in [-0.4, -0.2) is 6.03 Å². The average molecular weight is 206 g/mol. The largest absolute Gasteiger partial charge is 0.351 e. The standard InChI is InChI=1S/C12H18N2O/c1-4-9-6-5-7-10(8(2)3)11(9)14-12(13)15/h5-8H,4H2,1-3H3,(H3,13,14,15). The van der Waals surface area contributed by atoms with Crippen molar-refractivity contribution in [2.45, 2.75) is 33.1 Å². The molecular weight excluding hydrogens is 188 g/mol. The van der Waals surface area contributed by atoms with Crippen molar-refractivity contribution in [1.82, 2.24) is 0 Å². The van der Waals surface area contributed by atoms with Crippen LogP contribution < -0.4 is 11.1 Å². The first-order valence-corrected chi connectivity index (χ1v) is 5.24. The van der Waals surface area contributed by atoms with Crippen molar-refractivity contribution < 1.29 is 4.79 Å². The lowest BCUT2D eigenvalue weighted by molar-refractivity contribution is 0.259. The zero-order valence-corrected chi connectivity index (χ0v) is 9.50. The Morgan fingerprint density at radius 2 is 2.13 bits per heavy atom. The number of hydrogen-bond acceptors (Lipinski definition) is 1. The molecule has 82 valence electrons. The van der Waals surface area contributed by atoms with Crippen molar-refractivity contribution in [1.29, 1.82) is 0 Å². The topological polar surface area (TPSA) is 55.1 Å². The van der Waals surface area contributed by atoms with Crippen LogP contribution in [0.1, 0.15) is 37.8 Å². The van der Waals surface area contributed by atoms with Gasteiger partial charge in [0.1, 0.15) is 0 Å². The Balaban J connectivity index is 3.20. The van der Waals surface area contributed by atoms with E-state index in [1.54, 1.807) is 0 Å². The van der Waals surface area contributed by atoms with Crippen LogP contribution >= 0.6 is 0 Å². The van der Waals surface area contributed by atoms with E-state index in [1.165, 1.54) is 0 Å². The Kier molecular flexibility index (Phi) is 3.72. The van der Waals surface area contributed by atoms with Crippen molar-refractivity contribution in [3.05, 3.63) is 29.3 Å². The van der Waals surface area contributed by atoms with Crippen LogP contribution in [0.2, 0.25) is 0 Å². The number of para-hydroxylation sites is 1. The predicted molar refractivity (Wildman–Crippen MR) is 63.1 cm³/mol. The molecule has 1 aromatic rings. The molecule has 0 aliphatic heterocycles. The fraction of sp³-hybridized carbons (Fsp3) is 0.417. The highest BCUT2D eigenvalue weighted by atomic mass is 16.2. The van der Waals surface area contributed by atoms with Crippen LogP contribution in [0.15, 0.2) is 18.2 Å². The van der Waals surface area contributed by atoms with E-state index in [9.17, 15) is 4.79 Å². The van der Waals surface area contributed by atoms with Gasteiger partial charge in [0.25, 0.3) is 0 Å². The second-order valence-electron chi connectivity index (χ2n) is 3.88. The summed E-state index contributed by atoms with van der Waals surface area (Å²) in [7, 11) is 0. The minimum atomic E-state index is -0.502. The van der Waals surface area contributed by atoms with Crippen LogP contribution in [0.3, 0.4) is 0 Å². The number of carbonyl (C=O) groups is 1. The summed E-state index contributed by atoms with van der Waals surface area (Å²) in [6.07, 6.45) is 0.885. The van der Waals surface area contributed by atoms with Crippen LogP contribution in [-0.2, 0) is 6.42 Å². The van der Waals surface area contributed by atoms with Gasteiger partial charge in [-0.25, -0.2) is 4.79 Å². The van der Waals surface area contributed by atoms with Gasteiger partial charge >= 0.3 is 6.03 Å². The summed E-state index contributed by atoms with van der Waals surface area (Å²) in [5.41, 5.74) is 8.30. The van der Waals surface area contributed by atoms with Crippen molar-refractivity contribution in [3.8, 4) is 0 Å². The molecule has 0 unspecified atom stereocenters. The van der Waals surface area contributed by atoms with E-state index in [1.807, 2.05) is 18.2 Å². The van der Waals surface area contributed by atoms with Gasteiger partial charge in [-0.05, 0) is 23.5 Å². The van der Waals surface area contributed by atoms with Crippen molar-refractivity contribution in [2.24, 2.45) is 5.73 Å². The molecule has 1 rings (SSSR count). The first kappa shape index (κ1) is 11.6. The molecule has 1 aromatic carbocycles. The third-order valence-electron chi connectivity index (χ3n) is 2.43. The van der Waals surface area contributed by atoms with Gasteiger partial charge in [0, 0.05) is 5.69 Å². The van der Waals surface area contributed by atoms with E-state index in [4.69, 9.17) is 5.73 Å². The Morgan fingerprint density at radius 3 is 2.60 bits per heavy atom. The van der Waals surface area contributed by atoms with Gasteiger partial charge in [0.15, 0.2) is 0 Å². The minimum Gasteiger partial charge on any atom is -0.351 e.